The van der Waals surface area contributed by atoms with Gasteiger partial charge < -0.3 is 9.52 Å². The normalized spacial score (nSPS) is 12.8. The summed E-state index contributed by atoms with van der Waals surface area (Å²) >= 11 is 0. The van der Waals surface area contributed by atoms with Gasteiger partial charge in [-0.15, -0.1) is 0 Å². The molecule has 23 heavy (non-hydrogen) atoms. The van der Waals surface area contributed by atoms with Crippen molar-refractivity contribution in [2.24, 2.45) is 0 Å². The highest BCUT2D eigenvalue weighted by molar-refractivity contribution is 6.12. The first kappa shape index (κ1) is 15.0. The molecule has 0 saturated heterocycles. The Balaban J connectivity index is 2.03. The highest BCUT2D eigenvalue weighted by Crippen LogP contribution is 2.27. The van der Waals surface area contributed by atoms with Gasteiger partial charge in [0.1, 0.15) is 11.9 Å². The molecule has 0 saturated carbocycles. The van der Waals surface area contributed by atoms with E-state index in [0.717, 1.165) is 5.56 Å². The van der Waals surface area contributed by atoms with E-state index >= 15 is 0 Å². The molecule has 0 amide bonds. The number of furan rings is 1. The average molecular weight is 304 g/mol. The molecule has 0 radical (unpaired) electrons. The van der Waals surface area contributed by atoms with Gasteiger partial charge in [0, 0.05) is 11.1 Å². The minimum Gasteiger partial charge on any atom is -0.466 e. The van der Waals surface area contributed by atoms with Gasteiger partial charge in [-0.2, -0.15) is 0 Å². The zero-order valence-electron chi connectivity index (χ0n) is 12.4. The van der Waals surface area contributed by atoms with Crippen molar-refractivity contribution in [3.8, 4) is 0 Å². The van der Waals surface area contributed by atoms with Gasteiger partial charge in [0.15, 0.2) is 5.78 Å². The first-order valence-electron chi connectivity index (χ1n) is 7.33. The van der Waals surface area contributed by atoms with E-state index in [1.807, 2.05) is 36.4 Å². The van der Waals surface area contributed by atoms with E-state index in [2.05, 4.69) is 0 Å². The predicted molar refractivity (Wildman–Crippen MR) is 88.9 cm³/mol. The zero-order valence-corrected chi connectivity index (χ0v) is 12.4. The van der Waals surface area contributed by atoms with Crippen LogP contribution in [0.25, 0.3) is 6.08 Å². The molecule has 0 fully saturated rings. The van der Waals surface area contributed by atoms with Crippen LogP contribution >= 0.6 is 0 Å². The third kappa shape index (κ3) is 3.47. The molecule has 0 aliphatic carbocycles. The molecule has 3 nitrogen and oxygen atoms in total. The largest absolute Gasteiger partial charge is 0.466 e. The Morgan fingerprint density at radius 1 is 0.913 bits per heavy atom. The smallest absolute Gasteiger partial charge is 0.192 e. The lowest BCUT2D eigenvalue weighted by molar-refractivity contribution is 0.0976. The van der Waals surface area contributed by atoms with Crippen LogP contribution in [0.5, 0.6) is 0 Å². The monoisotopic (exact) mass is 304 g/mol. The minimum atomic E-state index is -1.11. The summed E-state index contributed by atoms with van der Waals surface area (Å²) in [6.45, 7) is 0. The molecule has 3 heteroatoms. The van der Waals surface area contributed by atoms with E-state index in [9.17, 15) is 9.90 Å². The number of aliphatic hydroxyl groups is 1. The highest BCUT2D eigenvalue weighted by Gasteiger charge is 2.23. The molecule has 0 spiro atoms. The molecule has 3 rings (SSSR count). The fourth-order valence-electron chi connectivity index (χ4n) is 2.35. The quantitative estimate of drug-likeness (QED) is 0.565. The van der Waals surface area contributed by atoms with Crippen molar-refractivity contribution in [2.45, 2.75) is 6.10 Å². The summed E-state index contributed by atoms with van der Waals surface area (Å²) in [4.78, 5) is 12.8. The van der Waals surface area contributed by atoms with Gasteiger partial charge in [-0.05, 0) is 23.8 Å². The summed E-state index contributed by atoms with van der Waals surface area (Å²) in [6, 6.07) is 21.7. The summed E-state index contributed by atoms with van der Waals surface area (Å²) < 4.78 is 5.26. The second-order valence-corrected chi connectivity index (χ2v) is 5.12. The fourth-order valence-corrected chi connectivity index (χ4v) is 2.35. The summed E-state index contributed by atoms with van der Waals surface area (Å²) in [6.07, 6.45) is 2.06. The van der Waals surface area contributed by atoms with Crippen LogP contribution in [0.15, 0.2) is 89.0 Å². The van der Waals surface area contributed by atoms with Crippen LogP contribution in [0.3, 0.4) is 0 Å². The van der Waals surface area contributed by atoms with Gasteiger partial charge in [0.05, 0.1) is 6.26 Å². The molecule has 0 aliphatic rings. The van der Waals surface area contributed by atoms with Gasteiger partial charge in [0.2, 0.25) is 0 Å². The van der Waals surface area contributed by atoms with E-state index in [1.54, 1.807) is 42.5 Å². The first-order chi connectivity index (χ1) is 11.3. The summed E-state index contributed by atoms with van der Waals surface area (Å²) in [5.74, 6) is 0.120. The van der Waals surface area contributed by atoms with Crippen molar-refractivity contribution in [2.75, 3.05) is 0 Å². The van der Waals surface area contributed by atoms with Crippen LogP contribution in [-0.4, -0.2) is 10.9 Å². The molecule has 0 bridgehead atoms. The first-order valence-corrected chi connectivity index (χ1v) is 7.33. The number of benzene rings is 2. The van der Waals surface area contributed by atoms with Crippen LogP contribution in [-0.2, 0) is 0 Å². The average Bonchev–Trinajstić information content (AvgIpc) is 3.15. The summed E-state index contributed by atoms with van der Waals surface area (Å²) in [7, 11) is 0. The molecular weight excluding hydrogens is 288 g/mol. The molecule has 1 N–H and O–H groups in total. The summed E-state index contributed by atoms with van der Waals surface area (Å²) in [5.41, 5.74) is 1.65. The minimum absolute atomic E-state index is 0.224. The van der Waals surface area contributed by atoms with E-state index in [-0.39, 0.29) is 11.4 Å². The van der Waals surface area contributed by atoms with Crippen molar-refractivity contribution in [3.63, 3.8) is 0 Å². The van der Waals surface area contributed by atoms with Crippen LogP contribution < -0.4 is 0 Å². The predicted octanol–water partition coefficient (Wildman–Crippen LogP) is 4.28. The molecule has 114 valence electrons. The SMILES string of the molecule is O=C(/C(=C\c1ccccc1)C(O)c1ccco1)c1ccccc1. The fraction of sp³-hybridized carbons (Fsp3) is 0.0500. The molecule has 1 heterocycles. The molecule has 1 unspecified atom stereocenters. The van der Waals surface area contributed by atoms with Crippen LogP contribution in [0.2, 0.25) is 0 Å². The molecular formula is C20H16O3. The number of Topliss-reactive ketones (excluding diaryl/α,β-unsaturated/α-hetero) is 1. The molecule has 0 aliphatic heterocycles. The van der Waals surface area contributed by atoms with Crippen molar-refractivity contribution in [3.05, 3.63) is 102 Å². The number of aliphatic hydroxyl groups excluding tert-OH is 1. The van der Waals surface area contributed by atoms with Crippen molar-refractivity contribution in [1.29, 1.82) is 0 Å². The van der Waals surface area contributed by atoms with Crippen LogP contribution in [0, 0.1) is 0 Å². The van der Waals surface area contributed by atoms with Gasteiger partial charge in [-0.3, -0.25) is 4.79 Å². The van der Waals surface area contributed by atoms with Gasteiger partial charge in [-0.1, -0.05) is 60.7 Å². The van der Waals surface area contributed by atoms with Crippen LogP contribution in [0.4, 0.5) is 0 Å². The maximum Gasteiger partial charge on any atom is 0.192 e. The highest BCUT2D eigenvalue weighted by atomic mass is 16.4. The Bertz CT molecular complexity index is 787. The maximum atomic E-state index is 12.8. The Morgan fingerprint density at radius 2 is 1.57 bits per heavy atom. The van der Waals surface area contributed by atoms with Crippen molar-refractivity contribution >= 4 is 11.9 Å². The Hall–Kier alpha value is -2.91. The van der Waals surface area contributed by atoms with Gasteiger partial charge in [0.25, 0.3) is 0 Å². The van der Waals surface area contributed by atoms with E-state index in [4.69, 9.17) is 4.42 Å². The van der Waals surface area contributed by atoms with E-state index in [0.29, 0.717) is 11.3 Å². The topological polar surface area (TPSA) is 50.4 Å². The standard InChI is InChI=1S/C20H16O3/c21-19(16-10-5-2-6-11-16)17(14-15-8-3-1-4-9-15)20(22)18-12-7-13-23-18/h1-14,20,22H/b17-14+. The molecule has 1 atom stereocenters. The Kier molecular flexibility index (Phi) is 4.50. The second kappa shape index (κ2) is 6.90. The van der Waals surface area contributed by atoms with Gasteiger partial charge >= 0.3 is 0 Å². The second-order valence-electron chi connectivity index (χ2n) is 5.12. The number of carbonyl (C=O) groups excluding carboxylic acids is 1. The lowest BCUT2D eigenvalue weighted by Crippen LogP contribution is -2.11. The van der Waals surface area contributed by atoms with Crippen LogP contribution in [0.1, 0.15) is 27.8 Å². The third-order valence-electron chi connectivity index (χ3n) is 3.53. The number of ketones is 1. The maximum absolute atomic E-state index is 12.8. The number of hydrogen-bond donors (Lipinski definition) is 1. The number of carbonyl (C=O) groups is 1. The Labute approximate surface area is 134 Å². The van der Waals surface area contributed by atoms with E-state index < -0.39 is 6.10 Å². The lowest BCUT2D eigenvalue weighted by atomic mass is 9.95. The van der Waals surface area contributed by atoms with Crippen molar-refractivity contribution in [1.82, 2.24) is 0 Å². The third-order valence-corrected chi connectivity index (χ3v) is 3.53. The summed E-state index contributed by atoms with van der Waals surface area (Å²) in [5, 5.41) is 10.6. The molecule has 1 aromatic heterocycles. The molecule has 3 aromatic rings. The Morgan fingerprint density at radius 3 is 2.17 bits per heavy atom. The lowest BCUT2D eigenvalue weighted by Gasteiger charge is -2.12. The zero-order chi connectivity index (χ0) is 16.1. The van der Waals surface area contributed by atoms with Gasteiger partial charge in [-0.25, -0.2) is 0 Å². The van der Waals surface area contributed by atoms with E-state index in [1.165, 1.54) is 6.26 Å². The molecule has 2 aromatic carbocycles. The van der Waals surface area contributed by atoms with Crippen molar-refractivity contribution < 1.29 is 14.3 Å². The number of hydrogen-bond acceptors (Lipinski definition) is 3. The number of rotatable bonds is 5.